The molecule has 0 unspecified atom stereocenters. The maximum Gasteiger partial charge on any atom is 0.321 e. The Morgan fingerprint density at radius 1 is 1.25 bits per heavy atom. The summed E-state index contributed by atoms with van der Waals surface area (Å²) in [6, 6.07) is 7.44. The van der Waals surface area contributed by atoms with Crippen LogP contribution in [-0.4, -0.2) is 51.1 Å². The van der Waals surface area contributed by atoms with Crippen LogP contribution in [0.5, 0.6) is 5.75 Å². The monoisotopic (exact) mass is 404 g/mol. The summed E-state index contributed by atoms with van der Waals surface area (Å²) >= 11 is 1.38. The number of benzene rings is 1. The van der Waals surface area contributed by atoms with Crippen LogP contribution in [0.2, 0.25) is 0 Å². The Kier molecular flexibility index (Phi) is 7.24. The number of carbonyl (C=O) groups is 2. The van der Waals surface area contributed by atoms with Crippen LogP contribution in [0.25, 0.3) is 0 Å². The number of nitrogens with one attached hydrogen (secondary N) is 2. The molecule has 1 saturated carbocycles. The van der Waals surface area contributed by atoms with Gasteiger partial charge < -0.3 is 10.1 Å². The van der Waals surface area contributed by atoms with Gasteiger partial charge in [0, 0.05) is 18.2 Å². The van der Waals surface area contributed by atoms with E-state index >= 15 is 0 Å². The molecule has 1 aliphatic rings. The minimum absolute atomic E-state index is 0.185. The molecule has 1 aromatic carbocycles. The molecule has 1 heterocycles. The molecular formula is C18H24N6O3S. The van der Waals surface area contributed by atoms with Gasteiger partial charge in [0.05, 0.1) is 13.7 Å². The fourth-order valence-electron chi connectivity index (χ4n) is 3.02. The molecule has 1 aliphatic carbocycles. The zero-order valence-corrected chi connectivity index (χ0v) is 16.6. The number of methoxy groups -OCH3 is 1. The lowest BCUT2D eigenvalue weighted by Crippen LogP contribution is -2.43. The van der Waals surface area contributed by atoms with Crippen molar-refractivity contribution in [2.45, 2.75) is 49.8 Å². The average Bonchev–Trinajstić information content (AvgIpc) is 3.34. The van der Waals surface area contributed by atoms with Crippen molar-refractivity contribution in [3.63, 3.8) is 0 Å². The second-order valence-electron chi connectivity index (χ2n) is 6.57. The minimum Gasteiger partial charge on any atom is -0.497 e. The van der Waals surface area contributed by atoms with E-state index in [-0.39, 0.29) is 18.4 Å². The van der Waals surface area contributed by atoms with E-state index in [1.165, 1.54) is 11.8 Å². The Morgan fingerprint density at radius 3 is 2.71 bits per heavy atom. The Labute approximate surface area is 167 Å². The molecule has 9 nitrogen and oxygen atoms in total. The maximum atomic E-state index is 11.9. The first-order chi connectivity index (χ1) is 13.6. The molecule has 0 spiro atoms. The van der Waals surface area contributed by atoms with E-state index < -0.39 is 6.03 Å². The van der Waals surface area contributed by atoms with Crippen molar-refractivity contribution < 1.29 is 14.3 Å². The molecule has 2 aromatic rings. The zero-order chi connectivity index (χ0) is 19.8. The van der Waals surface area contributed by atoms with Crippen molar-refractivity contribution in [3.8, 4) is 5.75 Å². The van der Waals surface area contributed by atoms with Gasteiger partial charge in [-0.05, 0) is 41.0 Å². The molecular weight excluding hydrogens is 380 g/mol. The molecule has 1 aromatic heterocycles. The molecule has 3 amide bonds. The van der Waals surface area contributed by atoms with E-state index in [1.807, 2.05) is 24.3 Å². The van der Waals surface area contributed by atoms with Crippen molar-refractivity contribution in [2.75, 3.05) is 12.9 Å². The number of nitrogens with zero attached hydrogens (tertiary/aromatic N) is 4. The van der Waals surface area contributed by atoms with Crippen molar-refractivity contribution in [3.05, 3.63) is 29.8 Å². The summed E-state index contributed by atoms with van der Waals surface area (Å²) in [5, 5.41) is 17.5. The fourth-order valence-corrected chi connectivity index (χ4v) is 3.83. The van der Waals surface area contributed by atoms with Crippen LogP contribution in [0.4, 0.5) is 4.79 Å². The lowest BCUT2D eigenvalue weighted by molar-refractivity contribution is -0.119. The summed E-state index contributed by atoms with van der Waals surface area (Å²) in [4.78, 5) is 23.7. The molecule has 150 valence electrons. The second-order valence-corrected chi connectivity index (χ2v) is 7.63. The van der Waals surface area contributed by atoms with Gasteiger partial charge >= 0.3 is 6.03 Å². The predicted octanol–water partition coefficient (Wildman–Crippen LogP) is 1.98. The third kappa shape index (κ3) is 5.95. The van der Waals surface area contributed by atoms with Gasteiger partial charge in [0.15, 0.2) is 0 Å². The van der Waals surface area contributed by atoms with Crippen LogP contribution >= 0.6 is 11.8 Å². The van der Waals surface area contributed by atoms with Gasteiger partial charge in [0.2, 0.25) is 11.1 Å². The molecule has 0 saturated heterocycles. The number of ether oxygens (including phenoxy) is 1. The molecule has 10 heteroatoms. The fraction of sp³-hybridized carbons (Fsp3) is 0.500. The standard InChI is InChI=1S/C18H24N6O3S/c1-27-15-8-6-13(7-9-15)12-24-18(21-22-23-24)28-11-10-16(25)20-17(26)19-14-4-2-3-5-14/h6-9,14H,2-5,10-12H2,1H3,(H2,19,20,25,26). The van der Waals surface area contributed by atoms with E-state index in [2.05, 4.69) is 26.2 Å². The van der Waals surface area contributed by atoms with Gasteiger partial charge in [-0.3, -0.25) is 10.1 Å². The summed E-state index contributed by atoms with van der Waals surface area (Å²) in [7, 11) is 1.62. The Morgan fingerprint density at radius 2 is 2.00 bits per heavy atom. The number of urea groups is 1. The Balaban J connectivity index is 1.41. The highest BCUT2D eigenvalue weighted by Gasteiger charge is 2.18. The summed E-state index contributed by atoms with van der Waals surface area (Å²) in [6.07, 6.45) is 4.42. The van der Waals surface area contributed by atoms with Crippen LogP contribution in [-0.2, 0) is 11.3 Å². The van der Waals surface area contributed by atoms with Crippen LogP contribution in [0.1, 0.15) is 37.7 Å². The van der Waals surface area contributed by atoms with E-state index in [1.54, 1.807) is 11.8 Å². The minimum atomic E-state index is -0.411. The van der Waals surface area contributed by atoms with Gasteiger partial charge in [-0.15, -0.1) is 5.10 Å². The highest BCUT2D eigenvalue weighted by molar-refractivity contribution is 7.99. The van der Waals surface area contributed by atoms with Crippen molar-refractivity contribution in [1.82, 2.24) is 30.8 Å². The summed E-state index contributed by atoms with van der Waals surface area (Å²) in [6.45, 7) is 0.523. The molecule has 0 atom stereocenters. The second kappa shape index (κ2) is 10.1. The van der Waals surface area contributed by atoms with Gasteiger partial charge in [-0.1, -0.05) is 36.7 Å². The number of imide groups is 1. The Bertz CT molecular complexity index is 789. The van der Waals surface area contributed by atoms with Crippen molar-refractivity contribution in [2.24, 2.45) is 0 Å². The van der Waals surface area contributed by atoms with E-state index in [0.717, 1.165) is 37.0 Å². The smallest absolute Gasteiger partial charge is 0.321 e. The predicted molar refractivity (Wildman–Crippen MR) is 104 cm³/mol. The lowest BCUT2D eigenvalue weighted by atomic mass is 10.2. The molecule has 2 N–H and O–H groups in total. The maximum absolute atomic E-state index is 11.9. The number of aromatic nitrogens is 4. The van der Waals surface area contributed by atoms with E-state index in [0.29, 0.717) is 17.5 Å². The summed E-state index contributed by atoms with van der Waals surface area (Å²) in [5.74, 6) is 0.959. The molecule has 0 radical (unpaired) electrons. The lowest BCUT2D eigenvalue weighted by Gasteiger charge is -2.12. The van der Waals surface area contributed by atoms with Gasteiger partial charge in [0.1, 0.15) is 5.75 Å². The highest BCUT2D eigenvalue weighted by atomic mass is 32.2. The molecule has 1 fully saturated rings. The van der Waals surface area contributed by atoms with Crippen molar-refractivity contribution in [1.29, 1.82) is 0 Å². The molecule has 3 rings (SSSR count). The topological polar surface area (TPSA) is 111 Å². The van der Waals surface area contributed by atoms with Crippen LogP contribution < -0.4 is 15.4 Å². The van der Waals surface area contributed by atoms with Gasteiger partial charge in [-0.25, -0.2) is 9.48 Å². The first kappa shape index (κ1) is 20.1. The number of carbonyl (C=O) groups excluding carboxylic acids is 2. The third-order valence-electron chi connectivity index (χ3n) is 4.49. The average molecular weight is 404 g/mol. The number of thioether (sulfide) groups is 1. The normalized spacial score (nSPS) is 14.0. The summed E-state index contributed by atoms with van der Waals surface area (Å²) in [5.41, 5.74) is 1.04. The zero-order valence-electron chi connectivity index (χ0n) is 15.8. The number of hydrogen-bond acceptors (Lipinski definition) is 7. The third-order valence-corrected chi connectivity index (χ3v) is 5.45. The van der Waals surface area contributed by atoms with Gasteiger partial charge in [0.25, 0.3) is 0 Å². The van der Waals surface area contributed by atoms with Crippen molar-refractivity contribution >= 4 is 23.7 Å². The number of rotatable bonds is 8. The highest BCUT2D eigenvalue weighted by Crippen LogP contribution is 2.18. The molecule has 28 heavy (non-hydrogen) atoms. The first-order valence-corrected chi connectivity index (χ1v) is 10.2. The quantitative estimate of drug-likeness (QED) is 0.647. The van der Waals surface area contributed by atoms with Crippen LogP contribution in [0.15, 0.2) is 29.4 Å². The van der Waals surface area contributed by atoms with Gasteiger partial charge in [-0.2, -0.15) is 0 Å². The number of hydrogen-bond donors (Lipinski definition) is 2. The SMILES string of the molecule is COc1ccc(Cn2nnnc2SCCC(=O)NC(=O)NC2CCCC2)cc1. The van der Waals surface area contributed by atoms with Crippen LogP contribution in [0, 0.1) is 0 Å². The number of tetrazole rings is 1. The molecule has 0 aliphatic heterocycles. The first-order valence-electron chi connectivity index (χ1n) is 9.26. The largest absolute Gasteiger partial charge is 0.497 e. The number of amides is 3. The van der Waals surface area contributed by atoms with E-state index in [9.17, 15) is 9.59 Å². The Hall–Kier alpha value is -2.62. The summed E-state index contributed by atoms with van der Waals surface area (Å²) < 4.78 is 6.83. The van der Waals surface area contributed by atoms with E-state index in [4.69, 9.17) is 4.74 Å². The van der Waals surface area contributed by atoms with Crippen LogP contribution in [0.3, 0.4) is 0 Å². The molecule has 0 bridgehead atoms.